The molecule has 0 aliphatic carbocycles. The number of hydrogen-bond acceptors (Lipinski definition) is 2. The number of benzene rings is 2. The van der Waals surface area contributed by atoms with Gasteiger partial charge in [-0.05, 0) is 48.7 Å². The first-order valence-electron chi connectivity index (χ1n) is 6.54. The lowest BCUT2D eigenvalue weighted by Crippen LogP contribution is -1.95. The van der Waals surface area contributed by atoms with Crippen molar-refractivity contribution < 1.29 is 9.53 Å². The first-order chi connectivity index (χ1) is 9.61. The highest BCUT2D eigenvalue weighted by atomic mass is 16.5. The third kappa shape index (κ3) is 3.15. The van der Waals surface area contributed by atoms with Gasteiger partial charge in [0, 0.05) is 5.56 Å². The summed E-state index contributed by atoms with van der Waals surface area (Å²) in [4.78, 5) is 12.2. The monoisotopic (exact) mass is 266 g/mol. The topological polar surface area (TPSA) is 26.3 Å². The number of carbonyl (C=O) groups excluding carboxylic acids is 1. The van der Waals surface area contributed by atoms with Crippen molar-refractivity contribution in [2.45, 2.75) is 13.8 Å². The molecule has 102 valence electrons. The molecule has 2 rings (SSSR count). The normalized spacial score (nSPS) is 10.8. The molecule has 0 amide bonds. The average molecular weight is 266 g/mol. The Balaban J connectivity index is 2.25. The fraction of sp³-hybridized carbons (Fsp3) is 0.167. The second-order valence-corrected chi connectivity index (χ2v) is 4.74. The Kier molecular flexibility index (Phi) is 4.36. The van der Waals surface area contributed by atoms with E-state index in [0.29, 0.717) is 11.3 Å². The second kappa shape index (κ2) is 6.20. The van der Waals surface area contributed by atoms with Gasteiger partial charge < -0.3 is 4.74 Å². The molecule has 0 N–H and O–H groups in total. The van der Waals surface area contributed by atoms with Gasteiger partial charge in [0.25, 0.3) is 0 Å². The number of carbonyl (C=O) groups is 1. The second-order valence-electron chi connectivity index (χ2n) is 4.74. The number of ketones is 1. The van der Waals surface area contributed by atoms with Crippen LogP contribution < -0.4 is 4.74 Å². The van der Waals surface area contributed by atoms with E-state index in [2.05, 4.69) is 0 Å². The number of methoxy groups -OCH3 is 1. The number of ether oxygens (including phenoxy) is 1. The van der Waals surface area contributed by atoms with Crippen molar-refractivity contribution in [2.75, 3.05) is 7.11 Å². The number of hydrogen-bond donors (Lipinski definition) is 0. The highest BCUT2D eigenvalue weighted by molar-refractivity contribution is 6.07. The summed E-state index contributed by atoms with van der Waals surface area (Å²) < 4.78 is 5.13. The zero-order valence-corrected chi connectivity index (χ0v) is 12.0. The summed E-state index contributed by atoms with van der Waals surface area (Å²) in [5.74, 6) is 0.669. The zero-order chi connectivity index (χ0) is 14.5. The quantitative estimate of drug-likeness (QED) is 0.612. The van der Waals surface area contributed by atoms with Gasteiger partial charge >= 0.3 is 0 Å². The summed E-state index contributed by atoms with van der Waals surface area (Å²) in [5, 5.41) is 0. The summed E-state index contributed by atoms with van der Waals surface area (Å²) in [7, 11) is 1.59. The molecule has 0 fully saturated rings. The standard InChI is InChI=1S/C18H18O2/c1-13-6-4-7-14(2)17(13)10-11-18(19)15-8-5-9-16(12-15)20-3/h4-12H,1-3H3. The van der Waals surface area contributed by atoms with Crippen LogP contribution >= 0.6 is 0 Å². The summed E-state index contributed by atoms with van der Waals surface area (Å²) in [6.07, 6.45) is 3.50. The third-order valence-corrected chi connectivity index (χ3v) is 3.30. The van der Waals surface area contributed by atoms with Gasteiger partial charge in [-0.25, -0.2) is 0 Å². The maximum Gasteiger partial charge on any atom is 0.185 e. The number of rotatable bonds is 4. The summed E-state index contributed by atoms with van der Waals surface area (Å²) >= 11 is 0. The van der Waals surface area contributed by atoms with E-state index >= 15 is 0 Å². The van der Waals surface area contributed by atoms with Crippen molar-refractivity contribution in [3.63, 3.8) is 0 Å². The van der Waals surface area contributed by atoms with Gasteiger partial charge in [0.05, 0.1) is 7.11 Å². The molecule has 0 aliphatic heterocycles. The minimum atomic E-state index is -0.0217. The predicted octanol–water partition coefficient (Wildman–Crippen LogP) is 4.21. The van der Waals surface area contributed by atoms with E-state index in [4.69, 9.17) is 4.74 Å². The lowest BCUT2D eigenvalue weighted by molar-refractivity contribution is 0.104. The molecule has 0 atom stereocenters. The van der Waals surface area contributed by atoms with Crippen LogP contribution in [0.15, 0.2) is 48.5 Å². The molecule has 0 radical (unpaired) electrons. The fourth-order valence-electron chi connectivity index (χ4n) is 2.12. The van der Waals surface area contributed by atoms with Crippen LogP contribution in [0.25, 0.3) is 6.08 Å². The van der Waals surface area contributed by atoms with Crippen LogP contribution in [0, 0.1) is 13.8 Å². The lowest BCUT2D eigenvalue weighted by atomic mass is 10.0. The van der Waals surface area contributed by atoms with E-state index < -0.39 is 0 Å². The molecule has 20 heavy (non-hydrogen) atoms. The molecule has 0 unspecified atom stereocenters. The van der Waals surface area contributed by atoms with Crippen molar-refractivity contribution in [2.24, 2.45) is 0 Å². The van der Waals surface area contributed by atoms with Gasteiger partial charge in [-0.15, -0.1) is 0 Å². The molecule has 2 aromatic carbocycles. The van der Waals surface area contributed by atoms with Gasteiger partial charge in [0.2, 0.25) is 0 Å². The maximum absolute atomic E-state index is 12.2. The number of allylic oxidation sites excluding steroid dienone is 1. The SMILES string of the molecule is COc1cccc(C(=O)C=Cc2c(C)cccc2C)c1. The Morgan fingerprint density at radius 1 is 1.05 bits per heavy atom. The molecule has 0 bridgehead atoms. The summed E-state index contributed by atoms with van der Waals surface area (Å²) in [6, 6.07) is 13.3. The van der Waals surface area contributed by atoms with Crippen molar-refractivity contribution in [3.05, 3.63) is 70.8 Å². The molecule has 0 saturated carbocycles. The molecule has 2 heteroatoms. The van der Waals surface area contributed by atoms with Gasteiger partial charge in [-0.3, -0.25) is 4.79 Å². The molecule has 0 saturated heterocycles. The molecule has 0 aromatic heterocycles. The summed E-state index contributed by atoms with van der Waals surface area (Å²) in [5.41, 5.74) is 4.06. The largest absolute Gasteiger partial charge is 0.497 e. The minimum absolute atomic E-state index is 0.0217. The maximum atomic E-state index is 12.2. The first kappa shape index (κ1) is 14.1. The van der Waals surface area contributed by atoms with Crippen LogP contribution in [0.5, 0.6) is 5.75 Å². The molecule has 0 heterocycles. The van der Waals surface area contributed by atoms with Gasteiger partial charge in [0.15, 0.2) is 5.78 Å². The van der Waals surface area contributed by atoms with Gasteiger partial charge in [0.1, 0.15) is 5.75 Å². The Hall–Kier alpha value is -2.35. The molecular formula is C18H18O2. The summed E-state index contributed by atoms with van der Waals surface area (Å²) in [6.45, 7) is 4.09. The third-order valence-electron chi connectivity index (χ3n) is 3.30. The predicted molar refractivity (Wildman–Crippen MR) is 82.3 cm³/mol. The van der Waals surface area contributed by atoms with Crippen molar-refractivity contribution >= 4 is 11.9 Å². The fourth-order valence-corrected chi connectivity index (χ4v) is 2.12. The molecule has 2 nitrogen and oxygen atoms in total. The molecular weight excluding hydrogens is 248 g/mol. The van der Waals surface area contributed by atoms with E-state index in [0.717, 1.165) is 5.56 Å². The van der Waals surface area contributed by atoms with E-state index in [1.165, 1.54) is 11.1 Å². The highest BCUT2D eigenvalue weighted by Crippen LogP contribution is 2.17. The first-order valence-corrected chi connectivity index (χ1v) is 6.54. The van der Waals surface area contributed by atoms with Crippen molar-refractivity contribution in [1.82, 2.24) is 0 Å². The molecule has 0 aliphatic rings. The van der Waals surface area contributed by atoms with Crippen LogP contribution in [0.1, 0.15) is 27.0 Å². The van der Waals surface area contributed by atoms with Crippen LogP contribution in [0.2, 0.25) is 0 Å². The minimum Gasteiger partial charge on any atom is -0.497 e. The van der Waals surface area contributed by atoms with E-state index in [1.54, 1.807) is 25.3 Å². The van der Waals surface area contributed by atoms with Crippen LogP contribution in [-0.4, -0.2) is 12.9 Å². The smallest absolute Gasteiger partial charge is 0.185 e. The Labute approximate surface area is 119 Å². The Morgan fingerprint density at radius 3 is 2.35 bits per heavy atom. The highest BCUT2D eigenvalue weighted by Gasteiger charge is 2.04. The van der Waals surface area contributed by atoms with Gasteiger partial charge in [-0.2, -0.15) is 0 Å². The van der Waals surface area contributed by atoms with Crippen LogP contribution in [0.3, 0.4) is 0 Å². The van der Waals surface area contributed by atoms with Crippen LogP contribution in [-0.2, 0) is 0 Å². The van der Waals surface area contributed by atoms with E-state index in [-0.39, 0.29) is 5.78 Å². The molecule has 0 spiro atoms. The number of aryl methyl sites for hydroxylation is 2. The van der Waals surface area contributed by atoms with Crippen molar-refractivity contribution in [3.8, 4) is 5.75 Å². The van der Waals surface area contributed by atoms with Crippen molar-refractivity contribution in [1.29, 1.82) is 0 Å². The zero-order valence-electron chi connectivity index (χ0n) is 12.0. The van der Waals surface area contributed by atoms with E-state index in [1.807, 2.05) is 50.3 Å². The van der Waals surface area contributed by atoms with E-state index in [9.17, 15) is 4.79 Å². The average Bonchev–Trinajstić information content (AvgIpc) is 2.46. The molecule has 2 aromatic rings. The Bertz CT molecular complexity index is 634. The van der Waals surface area contributed by atoms with Gasteiger partial charge in [-0.1, -0.05) is 36.4 Å². The Morgan fingerprint density at radius 2 is 1.70 bits per heavy atom. The lowest BCUT2D eigenvalue weighted by Gasteiger charge is -2.04. The van der Waals surface area contributed by atoms with Crippen LogP contribution in [0.4, 0.5) is 0 Å².